The summed E-state index contributed by atoms with van der Waals surface area (Å²) in [5, 5.41) is 80.5. The van der Waals surface area contributed by atoms with E-state index in [2.05, 4.69) is 5.32 Å². The van der Waals surface area contributed by atoms with Crippen LogP contribution in [0, 0.1) is 0 Å². The van der Waals surface area contributed by atoms with E-state index in [1.165, 1.54) is 0 Å². The van der Waals surface area contributed by atoms with Crippen molar-refractivity contribution in [1.82, 2.24) is 10.2 Å². The van der Waals surface area contributed by atoms with Gasteiger partial charge in [0.25, 0.3) is 5.91 Å². The van der Waals surface area contributed by atoms with Crippen molar-refractivity contribution >= 4 is 5.91 Å². The van der Waals surface area contributed by atoms with Crippen molar-refractivity contribution in [2.75, 3.05) is 26.2 Å². The lowest BCUT2D eigenvalue weighted by molar-refractivity contribution is -0.172. The van der Waals surface area contributed by atoms with E-state index in [0.717, 1.165) is 0 Å². The van der Waals surface area contributed by atoms with Crippen molar-refractivity contribution in [1.29, 1.82) is 0 Å². The Balaban J connectivity index is 1.74. The summed E-state index contributed by atoms with van der Waals surface area (Å²) in [5.74, 6) is -0.738. The Morgan fingerprint density at radius 2 is 1.54 bits per heavy atom. The van der Waals surface area contributed by atoms with E-state index in [4.69, 9.17) is 0 Å². The molecule has 0 spiro atoms. The Bertz CT molecular complexity index is 511. The van der Waals surface area contributed by atoms with Crippen molar-refractivity contribution in [3.05, 3.63) is 0 Å². The van der Waals surface area contributed by atoms with Crippen molar-refractivity contribution in [3.63, 3.8) is 0 Å². The number of nitrogens with one attached hydrogen (secondary N) is 1. The molecule has 0 aromatic heterocycles. The van der Waals surface area contributed by atoms with Crippen molar-refractivity contribution in [2.24, 2.45) is 0 Å². The van der Waals surface area contributed by atoms with E-state index in [0.29, 0.717) is 19.4 Å². The molecular formula is C17H32N2O9. The number of piperidine rings is 1. The van der Waals surface area contributed by atoms with E-state index in [9.17, 15) is 45.6 Å². The highest BCUT2D eigenvalue weighted by molar-refractivity contribution is 5.85. The van der Waals surface area contributed by atoms with Crippen LogP contribution in [-0.4, -0.2) is 126 Å². The molecule has 0 aromatic carbocycles. The van der Waals surface area contributed by atoms with Crippen LogP contribution in [0.25, 0.3) is 0 Å². The van der Waals surface area contributed by atoms with Gasteiger partial charge >= 0.3 is 0 Å². The number of likely N-dealkylation sites (tertiary alicyclic amines) is 1. The van der Waals surface area contributed by atoms with E-state index in [-0.39, 0.29) is 32.5 Å². The first-order valence-corrected chi connectivity index (χ1v) is 9.54. The first-order chi connectivity index (χ1) is 13.1. The maximum Gasteiger partial charge on any atom is 0.252 e. The molecule has 6 atom stereocenters. The smallest absolute Gasteiger partial charge is 0.252 e. The Morgan fingerprint density at radius 1 is 0.929 bits per heavy atom. The highest BCUT2D eigenvalue weighted by Crippen LogP contribution is 2.29. The number of carbonyl (C=O) groups is 1. The molecule has 2 fully saturated rings. The third-order valence-corrected chi connectivity index (χ3v) is 5.68. The van der Waals surface area contributed by atoms with Crippen LogP contribution in [0.2, 0.25) is 0 Å². The highest BCUT2D eigenvalue weighted by Gasteiger charge is 2.48. The Hall–Kier alpha value is -0.890. The van der Waals surface area contributed by atoms with Gasteiger partial charge in [-0.3, -0.25) is 9.69 Å². The second-order valence-corrected chi connectivity index (χ2v) is 7.82. The molecule has 1 heterocycles. The molecule has 1 aliphatic heterocycles. The third kappa shape index (κ3) is 5.17. The van der Waals surface area contributed by atoms with Crippen LogP contribution in [0.15, 0.2) is 0 Å². The van der Waals surface area contributed by atoms with Gasteiger partial charge in [0, 0.05) is 25.9 Å². The molecule has 11 nitrogen and oxygen atoms in total. The number of hydrogen-bond acceptors (Lipinski definition) is 10. The first kappa shape index (κ1) is 23.4. The van der Waals surface area contributed by atoms with Gasteiger partial charge < -0.3 is 46.2 Å². The van der Waals surface area contributed by atoms with Crippen LogP contribution in [-0.2, 0) is 4.79 Å². The number of β-amino-alcohol motifs (C(OH)–C–C–N with tert-alkyl or cyclic N) is 1. The topological polar surface area (TPSA) is 194 Å². The summed E-state index contributed by atoms with van der Waals surface area (Å²) < 4.78 is 0. The summed E-state index contributed by atoms with van der Waals surface area (Å²) in [5.41, 5.74) is -1.96. The Kier molecular flexibility index (Phi) is 8.14. The standard InChI is InChI=1S/C17H32N2O9/c20-8-9-13(24)15(26)12(23)7-19(9)4-2-1-3-18-16(27)17(28)5-10(21)14(25)11(22)6-17/h9-15,20-26,28H,1-8H2,(H,18,27)/t9-,10+,11+,12+,13-,14?,15-,17?/m1/s1. The van der Waals surface area contributed by atoms with Gasteiger partial charge in [-0.15, -0.1) is 0 Å². The number of amides is 1. The molecule has 0 bridgehead atoms. The zero-order chi connectivity index (χ0) is 21.1. The molecule has 28 heavy (non-hydrogen) atoms. The Morgan fingerprint density at radius 3 is 2.11 bits per heavy atom. The van der Waals surface area contributed by atoms with E-state index in [1.54, 1.807) is 4.90 Å². The van der Waals surface area contributed by atoms with Crippen LogP contribution in [0.4, 0.5) is 0 Å². The first-order valence-electron chi connectivity index (χ1n) is 9.54. The summed E-state index contributed by atoms with van der Waals surface area (Å²) in [6, 6.07) is -0.689. The average molecular weight is 408 g/mol. The monoisotopic (exact) mass is 408 g/mol. The second-order valence-electron chi connectivity index (χ2n) is 7.82. The minimum Gasteiger partial charge on any atom is -0.395 e. The zero-order valence-electron chi connectivity index (χ0n) is 15.6. The molecule has 164 valence electrons. The summed E-state index contributed by atoms with van der Waals surface area (Å²) in [7, 11) is 0. The van der Waals surface area contributed by atoms with Crippen LogP contribution in [0.3, 0.4) is 0 Å². The van der Waals surface area contributed by atoms with Crippen molar-refractivity contribution < 1.29 is 45.6 Å². The number of nitrogens with zero attached hydrogens (tertiary/aromatic N) is 1. The molecule has 1 saturated heterocycles. The number of unbranched alkanes of at least 4 members (excludes halogenated alkanes) is 1. The van der Waals surface area contributed by atoms with Crippen LogP contribution in [0.1, 0.15) is 25.7 Å². The molecule has 2 aliphatic rings. The van der Waals surface area contributed by atoms with Gasteiger partial charge in [0.15, 0.2) is 0 Å². The van der Waals surface area contributed by atoms with Gasteiger partial charge in [0.05, 0.1) is 31.0 Å². The Labute approximate surface area is 162 Å². The highest BCUT2D eigenvalue weighted by atomic mass is 16.4. The van der Waals surface area contributed by atoms with E-state index >= 15 is 0 Å². The largest absolute Gasteiger partial charge is 0.395 e. The predicted molar refractivity (Wildman–Crippen MR) is 94.9 cm³/mol. The van der Waals surface area contributed by atoms with Crippen molar-refractivity contribution in [3.8, 4) is 0 Å². The number of hydrogen-bond donors (Lipinski definition) is 9. The second kappa shape index (κ2) is 9.74. The molecule has 11 heteroatoms. The molecule has 0 unspecified atom stereocenters. The van der Waals surface area contributed by atoms with Gasteiger partial charge in [0.1, 0.15) is 23.9 Å². The summed E-state index contributed by atoms with van der Waals surface area (Å²) in [6.45, 7) is 0.357. The maximum atomic E-state index is 12.2. The number of rotatable bonds is 7. The molecule has 9 N–H and O–H groups in total. The summed E-state index contributed by atoms with van der Waals surface area (Å²) >= 11 is 0. The molecule has 0 radical (unpaired) electrons. The fraction of sp³-hybridized carbons (Fsp3) is 0.941. The van der Waals surface area contributed by atoms with Gasteiger partial charge in [0.2, 0.25) is 0 Å². The van der Waals surface area contributed by atoms with E-state index < -0.39 is 54.2 Å². The maximum absolute atomic E-state index is 12.2. The molecule has 1 saturated carbocycles. The minimum absolute atomic E-state index is 0.105. The summed E-state index contributed by atoms with van der Waals surface area (Å²) in [6.07, 6.45) is -7.59. The van der Waals surface area contributed by atoms with Crippen LogP contribution < -0.4 is 5.32 Å². The molecule has 1 aliphatic carbocycles. The lowest BCUT2D eigenvalue weighted by atomic mass is 9.79. The quantitative estimate of drug-likeness (QED) is 0.185. The summed E-state index contributed by atoms with van der Waals surface area (Å²) in [4.78, 5) is 13.9. The van der Waals surface area contributed by atoms with Crippen molar-refractivity contribution in [2.45, 2.75) is 73.9 Å². The molecule has 2 rings (SSSR count). The van der Waals surface area contributed by atoms with Gasteiger partial charge in [-0.2, -0.15) is 0 Å². The van der Waals surface area contributed by atoms with Crippen LogP contribution in [0.5, 0.6) is 0 Å². The normalized spacial score (nSPS) is 42.4. The van der Waals surface area contributed by atoms with Gasteiger partial charge in [-0.1, -0.05) is 0 Å². The van der Waals surface area contributed by atoms with Crippen LogP contribution >= 0.6 is 0 Å². The minimum atomic E-state index is -1.96. The SMILES string of the molecule is O=C(NCCCCN1C[C@H](O)[C@@H](O)[C@H](O)[C@H]1CO)C1(O)C[C@H](O)C(O)[C@@H](O)C1. The van der Waals surface area contributed by atoms with Gasteiger partial charge in [-0.25, -0.2) is 0 Å². The molecular weight excluding hydrogens is 376 g/mol. The number of aliphatic hydroxyl groups excluding tert-OH is 7. The lowest BCUT2D eigenvalue weighted by Gasteiger charge is -2.43. The number of aliphatic hydroxyl groups is 8. The molecule has 0 aromatic rings. The van der Waals surface area contributed by atoms with Gasteiger partial charge in [-0.05, 0) is 19.4 Å². The molecule has 1 amide bonds. The fourth-order valence-corrected chi connectivity index (χ4v) is 3.90. The lowest BCUT2D eigenvalue weighted by Crippen LogP contribution is -2.62. The van der Waals surface area contributed by atoms with E-state index in [1.807, 2.05) is 0 Å². The number of carbonyl (C=O) groups excluding carboxylic acids is 1. The zero-order valence-corrected chi connectivity index (χ0v) is 15.6. The fourth-order valence-electron chi connectivity index (χ4n) is 3.90. The predicted octanol–water partition coefficient (Wildman–Crippen LogP) is -4.75. The third-order valence-electron chi connectivity index (χ3n) is 5.68. The average Bonchev–Trinajstić information content (AvgIpc) is 2.64.